The molecule has 0 atom stereocenters. The first-order valence-corrected chi connectivity index (χ1v) is 3.68. The number of aliphatic hydroxyl groups is 1. The molecule has 6 heteroatoms. The van der Waals surface area contributed by atoms with Crippen molar-refractivity contribution < 1.29 is 13.9 Å². The molecule has 74 valence electrons. The van der Waals surface area contributed by atoms with Gasteiger partial charge in [0.15, 0.2) is 0 Å². The van der Waals surface area contributed by atoms with E-state index in [-0.39, 0.29) is 17.1 Å². The number of pyridine rings is 1. The molecule has 0 bridgehead atoms. The lowest BCUT2D eigenvalue weighted by Crippen LogP contribution is -2.04. The number of anilines is 1. The zero-order valence-electron chi connectivity index (χ0n) is 7.04. The van der Waals surface area contributed by atoms with Gasteiger partial charge >= 0.3 is 0 Å². The van der Waals surface area contributed by atoms with Crippen LogP contribution in [0.3, 0.4) is 0 Å². The maximum atomic E-state index is 12.4. The number of nitrogens with zero attached hydrogens (tertiary/aromatic N) is 2. The highest BCUT2D eigenvalue weighted by Crippen LogP contribution is 2.24. The Morgan fingerprint density at radius 1 is 1.64 bits per heavy atom. The third-order valence-electron chi connectivity index (χ3n) is 1.67. The second kappa shape index (κ2) is 3.98. The van der Waals surface area contributed by atoms with Crippen LogP contribution in [0.2, 0.25) is 0 Å². The summed E-state index contributed by atoms with van der Waals surface area (Å²) in [6, 6.07) is 2.58. The lowest BCUT2D eigenvalue weighted by atomic mass is 10.1. The smallest absolute Gasteiger partial charge is 0.265 e. The molecular formula is C8H7F2N3O. The molecular weight excluding hydrogens is 192 g/mol. The zero-order chi connectivity index (χ0) is 10.7. The Hall–Kier alpha value is -1.74. The fourth-order valence-corrected chi connectivity index (χ4v) is 0.988. The highest BCUT2D eigenvalue weighted by atomic mass is 19.3. The Labute approximate surface area is 78.6 Å². The van der Waals surface area contributed by atoms with E-state index >= 15 is 0 Å². The van der Waals surface area contributed by atoms with Crippen LogP contribution in [0.15, 0.2) is 6.07 Å². The van der Waals surface area contributed by atoms with Crippen molar-refractivity contribution in [3.63, 3.8) is 0 Å². The van der Waals surface area contributed by atoms with Gasteiger partial charge in [0.1, 0.15) is 11.9 Å². The van der Waals surface area contributed by atoms with Gasteiger partial charge in [-0.05, 0) is 6.07 Å². The van der Waals surface area contributed by atoms with Gasteiger partial charge in [-0.15, -0.1) is 0 Å². The van der Waals surface area contributed by atoms with Gasteiger partial charge in [0.05, 0.1) is 17.9 Å². The standard InChI is InChI=1S/C8H7F2N3O/c9-7(10)5-1-4(2-11)8(12)13-6(5)3-14/h1,7,14H,3H2,(H2,12,13). The summed E-state index contributed by atoms with van der Waals surface area (Å²) in [4.78, 5) is 3.51. The van der Waals surface area contributed by atoms with Crippen LogP contribution in [0.5, 0.6) is 0 Å². The van der Waals surface area contributed by atoms with Gasteiger partial charge < -0.3 is 10.8 Å². The van der Waals surface area contributed by atoms with Crippen LogP contribution in [-0.2, 0) is 6.61 Å². The summed E-state index contributed by atoms with van der Waals surface area (Å²) >= 11 is 0. The Kier molecular flexibility index (Phi) is 2.94. The first-order valence-electron chi connectivity index (χ1n) is 3.68. The molecule has 1 aromatic heterocycles. The molecule has 1 heterocycles. The summed E-state index contributed by atoms with van der Waals surface area (Å²) in [6.45, 7) is -0.629. The Bertz CT molecular complexity index is 387. The number of aromatic nitrogens is 1. The molecule has 0 aliphatic carbocycles. The lowest BCUT2D eigenvalue weighted by Gasteiger charge is -2.07. The van der Waals surface area contributed by atoms with Crippen LogP contribution in [-0.4, -0.2) is 10.1 Å². The van der Waals surface area contributed by atoms with Crippen LogP contribution in [0, 0.1) is 11.3 Å². The quantitative estimate of drug-likeness (QED) is 0.743. The largest absolute Gasteiger partial charge is 0.390 e. The first kappa shape index (κ1) is 10.3. The molecule has 0 fully saturated rings. The summed E-state index contributed by atoms with van der Waals surface area (Å²) in [5.41, 5.74) is 4.52. The van der Waals surface area contributed by atoms with E-state index in [2.05, 4.69) is 4.98 Å². The predicted molar refractivity (Wildman–Crippen MR) is 44.2 cm³/mol. The molecule has 1 rings (SSSR count). The number of hydrogen-bond donors (Lipinski definition) is 2. The zero-order valence-corrected chi connectivity index (χ0v) is 7.04. The maximum Gasteiger partial charge on any atom is 0.265 e. The van der Waals surface area contributed by atoms with Gasteiger partial charge in [0, 0.05) is 5.56 Å². The summed E-state index contributed by atoms with van der Waals surface area (Å²) in [5.74, 6) is -0.152. The highest BCUT2D eigenvalue weighted by Gasteiger charge is 2.16. The second-order valence-corrected chi connectivity index (χ2v) is 2.53. The van der Waals surface area contributed by atoms with E-state index in [4.69, 9.17) is 16.1 Å². The minimum atomic E-state index is -2.78. The molecule has 0 spiro atoms. The third kappa shape index (κ3) is 1.78. The number of nitrogen functional groups attached to an aromatic ring is 1. The summed E-state index contributed by atoms with van der Waals surface area (Å²) < 4.78 is 24.7. The van der Waals surface area contributed by atoms with E-state index in [1.165, 1.54) is 0 Å². The minimum absolute atomic E-state index is 0.113. The van der Waals surface area contributed by atoms with Crippen LogP contribution in [0.4, 0.5) is 14.6 Å². The minimum Gasteiger partial charge on any atom is -0.390 e. The highest BCUT2D eigenvalue weighted by molar-refractivity contribution is 5.51. The molecule has 0 aromatic carbocycles. The second-order valence-electron chi connectivity index (χ2n) is 2.53. The third-order valence-corrected chi connectivity index (χ3v) is 1.67. The van der Waals surface area contributed by atoms with Crippen LogP contribution in [0.1, 0.15) is 23.2 Å². The molecule has 14 heavy (non-hydrogen) atoms. The van der Waals surface area contributed by atoms with E-state index in [0.29, 0.717) is 0 Å². The molecule has 0 amide bonds. The Morgan fingerprint density at radius 2 is 2.29 bits per heavy atom. The van der Waals surface area contributed by atoms with E-state index in [0.717, 1.165) is 6.07 Å². The first-order chi connectivity index (χ1) is 6.60. The topological polar surface area (TPSA) is 82.9 Å². The van der Waals surface area contributed by atoms with E-state index in [1.54, 1.807) is 6.07 Å². The average Bonchev–Trinajstić information content (AvgIpc) is 2.16. The van der Waals surface area contributed by atoms with Crippen molar-refractivity contribution in [3.05, 3.63) is 22.9 Å². The van der Waals surface area contributed by atoms with Gasteiger partial charge in [0.2, 0.25) is 0 Å². The molecule has 4 nitrogen and oxygen atoms in total. The van der Waals surface area contributed by atoms with E-state index in [1.807, 2.05) is 0 Å². The van der Waals surface area contributed by atoms with Crippen LogP contribution in [0.25, 0.3) is 0 Å². The SMILES string of the molecule is N#Cc1cc(C(F)F)c(CO)nc1N. The fraction of sp³-hybridized carbons (Fsp3) is 0.250. The molecule has 0 saturated carbocycles. The Morgan fingerprint density at radius 3 is 2.71 bits per heavy atom. The molecule has 0 unspecified atom stereocenters. The number of nitrogens with two attached hydrogens (primary N) is 1. The molecule has 0 saturated heterocycles. The van der Waals surface area contributed by atoms with Gasteiger partial charge in [-0.3, -0.25) is 0 Å². The van der Waals surface area contributed by atoms with E-state index < -0.39 is 18.6 Å². The van der Waals surface area contributed by atoms with Crippen molar-refractivity contribution in [3.8, 4) is 6.07 Å². The van der Waals surface area contributed by atoms with Crippen molar-refractivity contribution in [1.82, 2.24) is 4.98 Å². The van der Waals surface area contributed by atoms with Gasteiger partial charge in [-0.25, -0.2) is 13.8 Å². The predicted octanol–water partition coefficient (Wildman–Crippen LogP) is 0.965. The molecule has 3 N–H and O–H groups in total. The fourth-order valence-electron chi connectivity index (χ4n) is 0.988. The number of rotatable bonds is 2. The summed E-state index contributed by atoms with van der Waals surface area (Å²) in [6.07, 6.45) is -2.78. The van der Waals surface area contributed by atoms with Crippen LogP contribution < -0.4 is 5.73 Å². The number of hydrogen-bond acceptors (Lipinski definition) is 4. The number of nitriles is 1. The molecule has 0 aliphatic rings. The molecule has 0 radical (unpaired) electrons. The van der Waals surface area contributed by atoms with Gasteiger partial charge in [-0.2, -0.15) is 5.26 Å². The lowest BCUT2D eigenvalue weighted by molar-refractivity contribution is 0.146. The van der Waals surface area contributed by atoms with Crippen LogP contribution >= 0.6 is 0 Å². The summed E-state index contributed by atoms with van der Waals surface area (Å²) in [7, 11) is 0. The Balaban J connectivity index is 3.34. The number of aliphatic hydroxyl groups excluding tert-OH is 1. The van der Waals surface area contributed by atoms with Gasteiger partial charge in [0.25, 0.3) is 6.43 Å². The summed E-state index contributed by atoms with van der Waals surface area (Å²) in [5, 5.41) is 17.2. The average molecular weight is 199 g/mol. The monoisotopic (exact) mass is 199 g/mol. The normalized spacial score (nSPS) is 10.2. The number of alkyl halides is 2. The van der Waals surface area contributed by atoms with Crippen molar-refractivity contribution in [2.45, 2.75) is 13.0 Å². The van der Waals surface area contributed by atoms with Crippen molar-refractivity contribution in [2.24, 2.45) is 0 Å². The van der Waals surface area contributed by atoms with Gasteiger partial charge in [-0.1, -0.05) is 0 Å². The van der Waals surface area contributed by atoms with Crippen molar-refractivity contribution in [1.29, 1.82) is 5.26 Å². The maximum absolute atomic E-state index is 12.4. The molecule has 1 aromatic rings. The van der Waals surface area contributed by atoms with E-state index in [9.17, 15) is 8.78 Å². The van der Waals surface area contributed by atoms with Crippen molar-refractivity contribution in [2.75, 3.05) is 5.73 Å². The molecule has 0 aliphatic heterocycles. The van der Waals surface area contributed by atoms with Crippen molar-refractivity contribution >= 4 is 5.82 Å². The number of halogens is 2.